The van der Waals surface area contributed by atoms with Gasteiger partial charge in [-0.1, -0.05) is 0 Å². The first kappa shape index (κ1) is 11.0. The second-order valence-electron chi connectivity index (χ2n) is 4.63. The molecule has 0 spiro atoms. The molecule has 80 valence electrons. The van der Waals surface area contributed by atoms with Gasteiger partial charge in [0.25, 0.3) is 0 Å². The predicted molar refractivity (Wildman–Crippen MR) is 52.0 cm³/mol. The van der Waals surface area contributed by atoms with Gasteiger partial charge in [0.2, 0.25) is 0 Å². The number of alkyl carbamates (subject to hydrolysis) is 1. The topological polar surface area (TPSA) is 55.4 Å². The van der Waals surface area contributed by atoms with Gasteiger partial charge in [-0.05, 0) is 33.6 Å². The number of nitrogens with one attached hydrogen (secondary N) is 1. The zero-order chi connectivity index (χ0) is 10.8. The van der Waals surface area contributed by atoms with Crippen LogP contribution >= 0.6 is 0 Å². The molecule has 0 aliphatic heterocycles. The van der Waals surface area contributed by atoms with Gasteiger partial charge in [0.15, 0.2) is 11.9 Å². The van der Waals surface area contributed by atoms with E-state index in [1.54, 1.807) is 0 Å². The van der Waals surface area contributed by atoms with Crippen molar-refractivity contribution in [1.82, 2.24) is 5.32 Å². The molecule has 0 aromatic heterocycles. The van der Waals surface area contributed by atoms with E-state index < -0.39 is 12.2 Å². The molecule has 1 amide bonds. The second-order valence-corrected chi connectivity index (χ2v) is 4.63. The highest BCUT2D eigenvalue weighted by molar-refractivity contribution is 5.87. The van der Waals surface area contributed by atoms with E-state index in [4.69, 9.17) is 4.74 Å². The monoisotopic (exact) mass is 199 g/mol. The van der Waals surface area contributed by atoms with E-state index in [1.165, 1.54) is 0 Å². The number of carbonyl (C=O) groups is 2. The van der Waals surface area contributed by atoms with Gasteiger partial charge in [-0.25, -0.2) is 4.79 Å². The standard InChI is InChI=1S/C10H17NO3/c1-10(2,3)11-9(13)14-8-6-4-5-7(8)12/h8H,4-6H2,1-3H3,(H,11,13)/t8-/m0/s1. The molecule has 0 saturated heterocycles. The molecule has 0 aromatic rings. The minimum atomic E-state index is -0.516. The fraction of sp³-hybridized carbons (Fsp3) is 0.800. The van der Waals surface area contributed by atoms with E-state index in [2.05, 4.69) is 5.32 Å². The molecular weight excluding hydrogens is 182 g/mol. The third-order valence-electron chi connectivity index (χ3n) is 1.97. The van der Waals surface area contributed by atoms with Crippen molar-refractivity contribution in [3.63, 3.8) is 0 Å². The predicted octanol–water partition coefficient (Wildman–Crippen LogP) is 1.63. The fourth-order valence-electron chi connectivity index (χ4n) is 1.37. The largest absolute Gasteiger partial charge is 0.438 e. The molecule has 0 radical (unpaired) electrons. The van der Waals surface area contributed by atoms with Crippen molar-refractivity contribution in [2.75, 3.05) is 0 Å². The molecule has 1 aliphatic carbocycles. The molecule has 4 nitrogen and oxygen atoms in total. The SMILES string of the molecule is CC(C)(C)NC(=O)O[C@H]1CCCC1=O. The molecule has 1 N–H and O–H groups in total. The van der Waals surface area contributed by atoms with Crippen LogP contribution in [-0.2, 0) is 9.53 Å². The van der Waals surface area contributed by atoms with Crippen molar-refractivity contribution in [2.24, 2.45) is 0 Å². The maximum absolute atomic E-state index is 11.3. The van der Waals surface area contributed by atoms with Gasteiger partial charge in [-0.3, -0.25) is 4.79 Å². The smallest absolute Gasteiger partial charge is 0.408 e. The lowest BCUT2D eigenvalue weighted by atomic mass is 10.1. The first-order valence-corrected chi connectivity index (χ1v) is 4.90. The van der Waals surface area contributed by atoms with Crippen molar-refractivity contribution < 1.29 is 14.3 Å². The summed E-state index contributed by atoms with van der Waals surface area (Å²) in [6.45, 7) is 5.60. The van der Waals surface area contributed by atoms with Gasteiger partial charge in [0.05, 0.1) is 0 Å². The lowest BCUT2D eigenvalue weighted by molar-refractivity contribution is -0.124. The van der Waals surface area contributed by atoms with Crippen LogP contribution in [0.1, 0.15) is 40.0 Å². The zero-order valence-corrected chi connectivity index (χ0v) is 8.92. The molecule has 0 bridgehead atoms. The van der Waals surface area contributed by atoms with E-state index in [0.717, 1.165) is 6.42 Å². The van der Waals surface area contributed by atoms with E-state index >= 15 is 0 Å². The van der Waals surface area contributed by atoms with Gasteiger partial charge in [0, 0.05) is 12.0 Å². The number of ether oxygens (including phenoxy) is 1. The maximum atomic E-state index is 11.3. The highest BCUT2D eigenvalue weighted by atomic mass is 16.6. The molecule has 1 saturated carbocycles. The molecule has 1 rings (SSSR count). The highest BCUT2D eigenvalue weighted by Crippen LogP contribution is 2.17. The summed E-state index contributed by atoms with van der Waals surface area (Å²) in [5.74, 6) is 0.0362. The zero-order valence-electron chi connectivity index (χ0n) is 8.92. The van der Waals surface area contributed by atoms with Crippen LogP contribution in [0.3, 0.4) is 0 Å². The average molecular weight is 199 g/mol. The summed E-state index contributed by atoms with van der Waals surface area (Å²) < 4.78 is 5.00. The summed E-state index contributed by atoms with van der Waals surface area (Å²) in [4.78, 5) is 22.4. The van der Waals surface area contributed by atoms with E-state index in [1.807, 2.05) is 20.8 Å². The summed E-state index contributed by atoms with van der Waals surface area (Å²) in [5, 5.41) is 2.65. The van der Waals surface area contributed by atoms with Gasteiger partial charge in [-0.2, -0.15) is 0 Å². The Kier molecular flexibility index (Phi) is 3.13. The molecule has 14 heavy (non-hydrogen) atoms. The molecule has 4 heteroatoms. The Morgan fingerprint density at radius 1 is 1.50 bits per heavy atom. The third-order valence-corrected chi connectivity index (χ3v) is 1.97. The Hall–Kier alpha value is -1.06. The molecule has 0 aromatic carbocycles. The van der Waals surface area contributed by atoms with E-state index in [-0.39, 0.29) is 11.3 Å². The fourth-order valence-corrected chi connectivity index (χ4v) is 1.37. The summed E-state index contributed by atoms with van der Waals surface area (Å²) in [5.41, 5.74) is -0.321. The van der Waals surface area contributed by atoms with Crippen molar-refractivity contribution in [2.45, 2.75) is 51.7 Å². The first-order valence-electron chi connectivity index (χ1n) is 4.90. The Bertz CT molecular complexity index is 242. The summed E-state index contributed by atoms with van der Waals surface area (Å²) >= 11 is 0. The average Bonchev–Trinajstić information content (AvgIpc) is 2.32. The van der Waals surface area contributed by atoms with Crippen LogP contribution in [-0.4, -0.2) is 23.5 Å². The van der Waals surface area contributed by atoms with Crippen LogP contribution in [0.2, 0.25) is 0 Å². The van der Waals surface area contributed by atoms with Crippen LogP contribution in [0.25, 0.3) is 0 Å². The summed E-state index contributed by atoms with van der Waals surface area (Å²) in [7, 11) is 0. The Balaban J connectivity index is 2.37. The van der Waals surface area contributed by atoms with E-state index in [0.29, 0.717) is 12.8 Å². The molecule has 1 fully saturated rings. The van der Waals surface area contributed by atoms with E-state index in [9.17, 15) is 9.59 Å². The maximum Gasteiger partial charge on any atom is 0.408 e. The van der Waals surface area contributed by atoms with Crippen LogP contribution < -0.4 is 5.32 Å². The lowest BCUT2D eigenvalue weighted by Crippen LogP contribution is -2.42. The van der Waals surface area contributed by atoms with Gasteiger partial charge < -0.3 is 10.1 Å². The first-order chi connectivity index (χ1) is 6.38. The molecular formula is C10H17NO3. The Labute approximate surface area is 84.0 Å². The summed E-state index contributed by atoms with van der Waals surface area (Å²) in [6, 6.07) is 0. The number of hydrogen-bond donors (Lipinski definition) is 1. The van der Waals surface area contributed by atoms with Crippen molar-refractivity contribution in [1.29, 1.82) is 0 Å². The number of hydrogen-bond acceptors (Lipinski definition) is 3. The van der Waals surface area contributed by atoms with Crippen LogP contribution in [0.4, 0.5) is 4.79 Å². The quantitative estimate of drug-likeness (QED) is 0.698. The van der Waals surface area contributed by atoms with Gasteiger partial charge >= 0.3 is 6.09 Å². The third kappa shape index (κ3) is 3.36. The number of rotatable bonds is 1. The van der Waals surface area contributed by atoms with Gasteiger partial charge in [-0.15, -0.1) is 0 Å². The highest BCUT2D eigenvalue weighted by Gasteiger charge is 2.28. The minimum absolute atomic E-state index is 0.0362. The van der Waals surface area contributed by atoms with Crippen LogP contribution in [0, 0.1) is 0 Å². The Morgan fingerprint density at radius 3 is 2.57 bits per heavy atom. The lowest BCUT2D eigenvalue weighted by Gasteiger charge is -2.21. The second kappa shape index (κ2) is 3.98. The van der Waals surface area contributed by atoms with Crippen LogP contribution in [0.15, 0.2) is 0 Å². The number of carbonyl (C=O) groups excluding carboxylic acids is 2. The van der Waals surface area contributed by atoms with Crippen molar-refractivity contribution in [3.05, 3.63) is 0 Å². The van der Waals surface area contributed by atoms with Crippen molar-refractivity contribution in [3.8, 4) is 0 Å². The van der Waals surface area contributed by atoms with Gasteiger partial charge in [0.1, 0.15) is 0 Å². The number of amides is 1. The van der Waals surface area contributed by atoms with Crippen molar-refractivity contribution >= 4 is 11.9 Å². The number of ketones is 1. The van der Waals surface area contributed by atoms with Crippen LogP contribution in [0.5, 0.6) is 0 Å². The normalized spacial score (nSPS) is 22.2. The minimum Gasteiger partial charge on any atom is -0.438 e. The summed E-state index contributed by atoms with van der Waals surface area (Å²) in [6.07, 6.45) is 1.01. The molecule has 1 aliphatic rings. The molecule has 0 unspecified atom stereocenters. The molecule has 0 heterocycles. The number of Topliss-reactive ketones (excluding diaryl/α,β-unsaturated/α-hetero) is 1. The molecule has 1 atom stereocenters. The Morgan fingerprint density at radius 2 is 2.14 bits per heavy atom.